The molecule has 4 aromatic carbocycles. The lowest BCUT2D eigenvalue weighted by molar-refractivity contribution is 0.0739. The number of amides is 1. The van der Waals surface area contributed by atoms with E-state index in [4.69, 9.17) is 37.4 Å². The van der Waals surface area contributed by atoms with Crippen LogP contribution in [0, 0.1) is 0 Å². The Bertz CT molecular complexity index is 1720. The number of hydrogen-bond donors (Lipinski definition) is 1. The third kappa shape index (κ3) is 7.05. The van der Waals surface area contributed by atoms with Gasteiger partial charge >= 0.3 is 5.97 Å². The second kappa shape index (κ2) is 12.9. The van der Waals surface area contributed by atoms with Gasteiger partial charge in [0.15, 0.2) is 0 Å². The van der Waals surface area contributed by atoms with E-state index in [9.17, 15) is 9.59 Å². The van der Waals surface area contributed by atoms with E-state index in [1.54, 1.807) is 73.8 Å². The minimum Gasteiger partial charge on any atom is -0.497 e. The lowest BCUT2D eigenvalue weighted by Gasteiger charge is -2.07. The van der Waals surface area contributed by atoms with Gasteiger partial charge in [-0.2, -0.15) is 5.10 Å². The van der Waals surface area contributed by atoms with Gasteiger partial charge in [-0.15, -0.1) is 11.3 Å². The van der Waals surface area contributed by atoms with Crippen LogP contribution in [-0.4, -0.2) is 25.2 Å². The highest BCUT2D eigenvalue weighted by molar-refractivity contribution is 7.21. The summed E-state index contributed by atoms with van der Waals surface area (Å²) in [5, 5.41) is 5.77. The van der Waals surface area contributed by atoms with Crippen molar-refractivity contribution in [2.75, 3.05) is 7.11 Å². The van der Waals surface area contributed by atoms with Gasteiger partial charge in [-0.1, -0.05) is 35.3 Å². The third-order valence-electron chi connectivity index (χ3n) is 5.93. The van der Waals surface area contributed by atoms with Crippen LogP contribution in [0.1, 0.15) is 31.2 Å². The molecule has 0 bridgehead atoms. The summed E-state index contributed by atoms with van der Waals surface area (Å²) in [6.07, 6.45) is 1.49. The molecular formula is C31H22Cl2N2O5S. The van der Waals surface area contributed by atoms with Crippen molar-refractivity contribution in [2.24, 2.45) is 5.10 Å². The van der Waals surface area contributed by atoms with Crippen LogP contribution in [0.25, 0.3) is 10.1 Å². The number of carbonyl (C=O) groups excluding carboxylic acids is 2. The lowest BCUT2D eigenvalue weighted by atomic mass is 10.1. The van der Waals surface area contributed by atoms with Crippen LogP contribution in [0.15, 0.2) is 96.1 Å². The summed E-state index contributed by atoms with van der Waals surface area (Å²) in [7, 11) is 1.58. The molecule has 1 heterocycles. The quantitative estimate of drug-likeness (QED) is 0.0803. The van der Waals surface area contributed by atoms with E-state index < -0.39 is 5.97 Å². The highest BCUT2D eigenvalue weighted by Gasteiger charge is 2.19. The summed E-state index contributed by atoms with van der Waals surface area (Å²) in [5.41, 5.74) is 4.57. The van der Waals surface area contributed by atoms with E-state index in [-0.39, 0.29) is 5.91 Å². The van der Waals surface area contributed by atoms with E-state index in [0.29, 0.717) is 49.9 Å². The number of halogens is 2. The molecule has 5 rings (SSSR count). The van der Waals surface area contributed by atoms with E-state index >= 15 is 0 Å². The van der Waals surface area contributed by atoms with Crippen LogP contribution in [-0.2, 0) is 6.61 Å². The van der Waals surface area contributed by atoms with Gasteiger partial charge in [0.1, 0.15) is 28.7 Å². The molecule has 1 amide bonds. The second-order valence-corrected chi connectivity index (χ2v) is 10.6. The Kier molecular flexibility index (Phi) is 8.84. The number of methoxy groups -OCH3 is 1. The number of hydrazone groups is 1. The average molecular weight is 605 g/mol. The van der Waals surface area contributed by atoms with E-state index in [1.807, 2.05) is 24.3 Å². The summed E-state index contributed by atoms with van der Waals surface area (Å²) in [4.78, 5) is 25.5. The molecule has 0 radical (unpaired) electrons. The Balaban J connectivity index is 1.12. The van der Waals surface area contributed by atoms with E-state index in [2.05, 4.69) is 10.5 Å². The van der Waals surface area contributed by atoms with E-state index in [0.717, 1.165) is 15.6 Å². The minimum absolute atomic E-state index is 0.311. The third-order valence-corrected chi connectivity index (χ3v) is 7.82. The Labute approximate surface area is 249 Å². The highest BCUT2D eigenvalue weighted by Crippen LogP contribution is 2.37. The van der Waals surface area contributed by atoms with Gasteiger partial charge in [0, 0.05) is 20.7 Å². The molecule has 0 fully saturated rings. The molecule has 7 nitrogen and oxygen atoms in total. The number of benzene rings is 4. The maximum Gasteiger partial charge on any atom is 0.355 e. The predicted octanol–water partition coefficient (Wildman–Crippen LogP) is 7.78. The average Bonchev–Trinajstić information content (AvgIpc) is 3.33. The number of carbonyl (C=O) groups is 2. The normalized spacial score (nSPS) is 11.0. The number of nitrogens with zero attached hydrogens (tertiary/aromatic N) is 1. The van der Waals surface area contributed by atoms with Gasteiger partial charge in [0.05, 0.1) is 18.3 Å². The number of rotatable bonds is 9. The molecule has 1 aromatic heterocycles. The molecule has 10 heteroatoms. The van der Waals surface area contributed by atoms with Gasteiger partial charge in [-0.25, -0.2) is 10.2 Å². The molecule has 0 saturated heterocycles. The molecule has 5 aromatic rings. The van der Waals surface area contributed by atoms with Gasteiger partial charge in [-0.05, 0) is 90.0 Å². The van der Waals surface area contributed by atoms with Crippen molar-refractivity contribution in [1.82, 2.24) is 5.43 Å². The van der Waals surface area contributed by atoms with Crippen molar-refractivity contribution in [1.29, 1.82) is 0 Å². The monoisotopic (exact) mass is 604 g/mol. The molecule has 0 aliphatic rings. The lowest BCUT2D eigenvalue weighted by Crippen LogP contribution is -2.17. The minimum atomic E-state index is -0.550. The van der Waals surface area contributed by atoms with Crippen molar-refractivity contribution in [3.63, 3.8) is 0 Å². The first-order chi connectivity index (χ1) is 19.9. The summed E-state index contributed by atoms with van der Waals surface area (Å²) in [6.45, 7) is 0.360. The Morgan fingerprint density at radius 3 is 2.27 bits per heavy atom. The number of hydrogen-bond acceptors (Lipinski definition) is 7. The Morgan fingerprint density at radius 1 is 0.878 bits per heavy atom. The first kappa shape index (κ1) is 28.2. The van der Waals surface area contributed by atoms with Crippen LogP contribution in [0.4, 0.5) is 0 Å². The van der Waals surface area contributed by atoms with Crippen LogP contribution in [0.3, 0.4) is 0 Å². The maximum absolute atomic E-state index is 12.7. The number of thiophene rings is 1. The summed E-state index contributed by atoms with van der Waals surface area (Å²) in [5.74, 6) is 0.834. The number of fused-ring (bicyclic) bond motifs is 1. The fourth-order valence-corrected chi connectivity index (χ4v) is 5.30. The SMILES string of the molecule is COc1ccc2c(Cl)c(C(=O)Oc3ccc(/C=N/NC(=O)c4ccc(COc5ccc(Cl)cc5)cc4)cc3)sc2c1. The smallest absolute Gasteiger partial charge is 0.355 e. The predicted molar refractivity (Wildman–Crippen MR) is 162 cm³/mol. The standard InChI is InChI=1S/C31H22Cl2N2O5S/c1-38-25-14-15-26-27(16-25)41-29(28(26)33)31(37)40-24-10-4-19(5-11-24)17-34-35-30(36)21-6-2-20(3-7-21)18-39-23-12-8-22(32)9-13-23/h2-17H,18H2,1H3,(H,35,36)/b34-17+. The van der Waals surface area contributed by atoms with E-state index in [1.165, 1.54) is 17.6 Å². The first-order valence-corrected chi connectivity index (χ1v) is 13.9. The second-order valence-electron chi connectivity index (χ2n) is 8.70. The van der Waals surface area contributed by atoms with Crippen molar-refractivity contribution in [3.05, 3.63) is 123 Å². The maximum atomic E-state index is 12.7. The molecule has 41 heavy (non-hydrogen) atoms. The molecule has 206 valence electrons. The summed E-state index contributed by atoms with van der Waals surface area (Å²) < 4.78 is 17.3. The fourth-order valence-electron chi connectivity index (χ4n) is 3.76. The summed E-state index contributed by atoms with van der Waals surface area (Å²) >= 11 is 13.5. The fraction of sp³-hybridized carbons (Fsp3) is 0.0645. The number of esters is 1. The zero-order valence-corrected chi connectivity index (χ0v) is 23.9. The molecule has 0 saturated carbocycles. The van der Waals surface area contributed by atoms with Crippen LogP contribution in [0.5, 0.6) is 17.2 Å². The van der Waals surface area contributed by atoms with Gasteiger partial charge in [-0.3, -0.25) is 4.79 Å². The highest BCUT2D eigenvalue weighted by atomic mass is 35.5. The molecule has 0 spiro atoms. The number of ether oxygens (including phenoxy) is 3. The Hall–Kier alpha value is -4.37. The zero-order chi connectivity index (χ0) is 28.8. The summed E-state index contributed by atoms with van der Waals surface area (Å²) in [6, 6.07) is 26.3. The van der Waals surface area contributed by atoms with Gasteiger partial charge < -0.3 is 14.2 Å². The van der Waals surface area contributed by atoms with Gasteiger partial charge in [0.25, 0.3) is 5.91 Å². The van der Waals surface area contributed by atoms with Crippen molar-refractivity contribution in [2.45, 2.75) is 6.61 Å². The zero-order valence-electron chi connectivity index (χ0n) is 21.6. The molecule has 0 aliphatic carbocycles. The molecule has 0 unspecified atom stereocenters. The largest absolute Gasteiger partial charge is 0.497 e. The molecular weight excluding hydrogens is 583 g/mol. The van der Waals surface area contributed by atoms with Gasteiger partial charge in [0.2, 0.25) is 0 Å². The van der Waals surface area contributed by atoms with Crippen LogP contribution < -0.4 is 19.6 Å². The molecule has 0 atom stereocenters. The van der Waals surface area contributed by atoms with Crippen molar-refractivity contribution in [3.8, 4) is 17.2 Å². The number of nitrogens with one attached hydrogen (secondary N) is 1. The van der Waals surface area contributed by atoms with Crippen LogP contribution >= 0.6 is 34.5 Å². The first-order valence-electron chi connectivity index (χ1n) is 12.3. The van der Waals surface area contributed by atoms with Crippen molar-refractivity contribution < 1.29 is 23.8 Å². The Morgan fingerprint density at radius 2 is 1.56 bits per heavy atom. The van der Waals surface area contributed by atoms with Crippen LogP contribution in [0.2, 0.25) is 10.0 Å². The molecule has 0 aliphatic heterocycles. The molecule has 1 N–H and O–H groups in total. The topological polar surface area (TPSA) is 86.2 Å². The van der Waals surface area contributed by atoms with Crippen molar-refractivity contribution >= 4 is 62.7 Å².